The molecule has 1 unspecified atom stereocenters. The summed E-state index contributed by atoms with van der Waals surface area (Å²) in [4.78, 5) is 44.4. The molecule has 4 rings (SSSR count). The first kappa shape index (κ1) is 26.3. The second kappa shape index (κ2) is 12.5. The van der Waals surface area contributed by atoms with Crippen LogP contribution < -0.4 is 16.0 Å². The normalized spacial score (nSPS) is 13.6. The molecule has 1 aromatic carbocycles. The van der Waals surface area contributed by atoms with Crippen LogP contribution in [0.2, 0.25) is 0 Å². The van der Waals surface area contributed by atoms with Gasteiger partial charge in [0.15, 0.2) is 0 Å². The predicted octanol–water partition coefficient (Wildman–Crippen LogP) is 1.80. The number of aromatic amines is 1. The number of aliphatic carboxylic acids is 1. The van der Waals surface area contributed by atoms with Gasteiger partial charge in [0.05, 0.1) is 6.61 Å². The maximum absolute atomic E-state index is 12.8. The average Bonchev–Trinajstić information content (AvgIpc) is 3.29. The number of aryl methyl sites for hydroxylation is 1. The Balaban J connectivity index is 1.20. The van der Waals surface area contributed by atoms with Crippen molar-refractivity contribution in [1.29, 1.82) is 0 Å². The highest BCUT2D eigenvalue weighted by atomic mass is 16.4. The smallest absolute Gasteiger partial charge is 0.326 e. The molecule has 37 heavy (non-hydrogen) atoms. The largest absolute Gasteiger partial charge is 0.480 e. The van der Waals surface area contributed by atoms with Gasteiger partial charge in [0, 0.05) is 60.3 Å². The van der Waals surface area contributed by atoms with Crippen molar-refractivity contribution in [2.75, 3.05) is 13.1 Å². The van der Waals surface area contributed by atoms with Gasteiger partial charge in [-0.1, -0.05) is 24.3 Å². The van der Waals surface area contributed by atoms with E-state index < -0.39 is 17.9 Å². The molecular weight excluding hydrogens is 474 g/mol. The SMILES string of the molecule is O=C(CCCCc1ccc2c(n1)CCNC2)NCCC(NC(=O)c1[nH]c2ccccc2c1CO)C(=O)O. The first-order chi connectivity index (χ1) is 18.0. The molecule has 0 saturated carbocycles. The van der Waals surface area contributed by atoms with Gasteiger partial charge in [0.25, 0.3) is 5.91 Å². The molecule has 0 bridgehead atoms. The van der Waals surface area contributed by atoms with Gasteiger partial charge in [-0.05, 0) is 43.4 Å². The molecule has 0 radical (unpaired) electrons. The molecule has 3 heterocycles. The van der Waals surface area contributed by atoms with Crippen LogP contribution in [0.25, 0.3) is 10.9 Å². The highest BCUT2D eigenvalue weighted by Crippen LogP contribution is 2.22. The zero-order chi connectivity index (χ0) is 26.2. The number of benzene rings is 1. The Morgan fingerprint density at radius 2 is 1.95 bits per heavy atom. The first-order valence-corrected chi connectivity index (χ1v) is 12.7. The number of H-pyrrole nitrogens is 1. The number of unbranched alkanes of at least 4 members (excludes halogenated alkanes) is 1. The summed E-state index contributed by atoms with van der Waals surface area (Å²) in [6.45, 7) is 1.57. The van der Waals surface area contributed by atoms with E-state index in [1.54, 1.807) is 24.3 Å². The third kappa shape index (κ3) is 6.72. The van der Waals surface area contributed by atoms with Gasteiger partial charge in [-0.2, -0.15) is 0 Å². The standard InChI is InChI=1S/C27H33N5O5/c33-16-20-19-6-2-3-7-22(19)31-25(20)26(35)32-23(27(36)37)12-14-29-24(34)8-4-1-5-18-10-9-17-15-28-13-11-21(17)30-18/h2-3,6-7,9-10,23,28,31,33H,1,4-5,8,11-16H2,(H,29,34)(H,32,35)(H,36,37). The maximum Gasteiger partial charge on any atom is 0.326 e. The number of nitrogens with one attached hydrogen (secondary N) is 4. The number of amides is 2. The zero-order valence-electron chi connectivity index (χ0n) is 20.7. The first-order valence-electron chi connectivity index (χ1n) is 12.7. The van der Waals surface area contributed by atoms with Crippen LogP contribution in [0.4, 0.5) is 0 Å². The molecule has 2 aromatic heterocycles. The molecule has 1 aliphatic heterocycles. The number of hydrogen-bond acceptors (Lipinski definition) is 6. The Bertz CT molecular complexity index is 1270. The minimum absolute atomic E-state index is 0.0371. The Hall–Kier alpha value is -3.76. The lowest BCUT2D eigenvalue weighted by Crippen LogP contribution is -2.43. The van der Waals surface area contributed by atoms with Gasteiger partial charge >= 0.3 is 5.97 Å². The second-order valence-corrected chi connectivity index (χ2v) is 9.23. The molecule has 1 aliphatic rings. The third-order valence-electron chi connectivity index (χ3n) is 6.62. The number of rotatable bonds is 12. The molecule has 3 aromatic rings. The predicted molar refractivity (Wildman–Crippen MR) is 138 cm³/mol. The summed E-state index contributed by atoms with van der Waals surface area (Å²) < 4.78 is 0. The number of para-hydroxylation sites is 1. The molecular formula is C27H33N5O5. The van der Waals surface area contributed by atoms with E-state index in [0.29, 0.717) is 29.3 Å². The third-order valence-corrected chi connectivity index (χ3v) is 6.62. The summed E-state index contributed by atoms with van der Waals surface area (Å²) in [5.41, 5.74) is 4.67. The molecule has 0 aliphatic carbocycles. The van der Waals surface area contributed by atoms with Gasteiger partial charge in [-0.3, -0.25) is 14.6 Å². The van der Waals surface area contributed by atoms with E-state index in [9.17, 15) is 24.6 Å². The van der Waals surface area contributed by atoms with Crippen LogP contribution >= 0.6 is 0 Å². The Morgan fingerprint density at radius 3 is 2.76 bits per heavy atom. The molecule has 2 amide bonds. The number of nitrogens with zero attached hydrogens (tertiary/aromatic N) is 1. The monoisotopic (exact) mass is 507 g/mol. The number of pyridine rings is 1. The molecule has 6 N–H and O–H groups in total. The van der Waals surface area contributed by atoms with Gasteiger partial charge in [0.2, 0.25) is 5.91 Å². The number of fused-ring (bicyclic) bond motifs is 2. The van der Waals surface area contributed by atoms with Crippen molar-refractivity contribution in [3.05, 3.63) is 64.6 Å². The zero-order valence-corrected chi connectivity index (χ0v) is 20.7. The molecule has 10 heteroatoms. The lowest BCUT2D eigenvalue weighted by molar-refractivity contribution is -0.139. The van der Waals surface area contributed by atoms with E-state index in [1.165, 1.54) is 5.56 Å². The highest BCUT2D eigenvalue weighted by Gasteiger charge is 2.24. The maximum atomic E-state index is 12.8. The summed E-state index contributed by atoms with van der Waals surface area (Å²) in [5.74, 6) is -1.97. The quantitative estimate of drug-likeness (QED) is 0.204. The molecule has 0 fully saturated rings. The average molecular weight is 508 g/mol. The summed E-state index contributed by atoms with van der Waals surface area (Å²) in [7, 11) is 0. The number of carboxylic acids is 1. The summed E-state index contributed by atoms with van der Waals surface area (Å²) in [5, 5.41) is 28.6. The Kier molecular flexibility index (Phi) is 8.86. The highest BCUT2D eigenvalue weighted by molar-refractivity contribution is 6.02. The summed E-state index contributed by atoms with van der Waals surface area (Å²) in [6.07, 6.45) is 3.67. The van der Waals surface area contributed by atoms with E-state index in [0.717, 1.165) is 43.7 Å². The van der Waals surface area contributed by atoms with Crippen molar-refractivity contribution < 1.29 is 24.6 Å². The van der Waals surface area contributed by atoms with Crippen LogP contribution in [-0.4, -0.2) is 57.1 Å². The van der Waals surface area contributed by atoms with Crippen molar-refractivity contribution >= 4 is 28.7 Å². The van der Waals surface area contributed by atoms with E-state index in [4.69, 9.17) is 4.98 Å². The molecule has 1 atom stereocenters. The lowest BCUT2D eigenvalue weighted by atomic mass is 10.0. The lowest BCUT2D eigenvalue weighted by Gasteiger charge is -2.16. The van der Waals surface area contributed by atoms with E-state index in [2.05, 4.69) is 27.0 Å². The van der Waals surface area contributed by atoms with Gasteiger partial charge in [-0.25, -0.2) is 4.79 Å². The molecule has 0 spiro atoms. The van der Waals surface area contributed by atoms with Crippen LogP contribution in [0.1, 0.15) is 58.7 Å². The van der Waals surface area contributed by atoms with Crippen molar-refractivity contribution in [2.24, 2.45) is 0 Å². The number of hydrogen-bond donors (Lipinski definition) is 6. The van der Waals surface area contributed by atoms with Crippen LogP contribution in [0.5, 0.6) is 0 Å². The van der Waals surface area contributed by atoms with Crippen LogP contribution in [-0.2, 0) is 35.6 Å². The fraction of sp³-hybridized carbons (Fsp3) is 0.407. The van der Waals surface area contributed by atoms with Gasteiger partial charge < -0.3 is 31.1 Å². The van der Waals surface area contributed by atoms with Crippen molar-refractivity contribution in [2.45, 2.75) is 57.7 Å². The van der Waals surface area contributed by atoms with Crippen molar-refractivity contribution in [3.8, 4) is 0 Å². The number of aromatic nitrogens is 2. The molecule has 0 saturated heterocycles. The molecule has 10 nitrogen and oxygen atoms in total. The summed E-state index contributed by atoms with van der Waals surface area (Å²) >= 11 is 0. The number of aliphatic hydroxyl groups excluding tert-OH is 1. The van der Waals surface area contributed by atoms with Crippen LogP contribution in [0, 0.1) is 0 Å². The second-order valence-electron chi connectivity index (χ2n) is 9.23. The topological polar surface area (TPSA) is 156 Å². The van der Waals surface area contributed by atoms with Gasteiger partial charge in [0.1, 0.15) is 11.7 Å². The minimum atomic E-state index is -1.20. The van der Waals surface area contributed by atoms with Crippen molar-refractivity contribution in [1.82, 2.24) is 25.9 Å². The number of aliphatic hydroxyl groups is 1. The number of carboxylic acid groups (broad SMARTS) is 1. The van der Waals surface area contributed by atoms with Gasteiger partial charge in [-0.15, -0.1) is 0 Å². The Morgan fingerprint density at radius 1 is 1.11 bits per heavy atom. The summed E-state index contributed by atoms with van der Waals surface area (Å²) in [6, 6.07) is 10.1. The minimum Gasteiger partial charge on any atom is -0.480 e. The van der Waals surface area contributed by atoms with Crippen LogP contribution in [0.3, 0.4) is 0 Å². The number of carbonyl (C=O) groups excluding carboxylic acids is 2. The fourth-order valence-electron chi connectivity index (χ4n) is 4.60. The number of carbonyl (C=O) groups is 3. The van der Waals surface area contributed by atoms with E-state index in [1.807, 2.05) is 6.07 Å². The molecule has 196 valence electrons. The van der Waals surface area contributed by atoms with E-state index in [-0.39, 0.29) is 31.2 Å². The van der Waals surface area contributed by atoms with E-state index >= 15 is 0 Å². The fourth-order valence-corrected chi connectivity index (χ4v) is 4.60. The Labute approximate surface area is 214 Å². The van der Waals surface area contributed by atoms with Crippen molar-refractivity contribution in [3.63, 3.8) is 0 Å². The van der Waals surface area contributed by atoms with Crippen LogP contribution in [0.15, 0.2) is 36.4 Å².